The number of hydrogen-bond acceptors (Lipinski definition) is 4. The zero-order valence-electron chi connectivity index (χ0n) is 9.78. The molecule has 0 spiro atoms. The maximum Gasteiger partial charge on any atom is 0.218 e. The minimum atomic E-state index is -3.11. The third-order valence-electron chi connectivity index (χ3n) is 3.45. The Kier molecular flexibility index (Phi) is 3.84. The molecular formula is C10H21N3O2S. The van der Waals surface area contributed by atoms with E-state index in [1.54, 1.807) is 11.2 Å². The zero-order valence-corrected chi connectivity index (χ0v) is 10.6. The second-order valence-corrected chi connectivity index (χ2v) is 6.97. The van der Waals surface area contributed by atoms with Crippen LogP contribution in [0, 0.1) is 0 Å². The van der Waals surface area contributed by atoms with Crippen molar-refractivity contribution in [3.8, 4) is 0 Å². The minimum Gasteiger partial charge on any atom is -0.315 e. The highest BCUT2D eigenvalue weighted by Gasteiger charge is 2.35. The van der Waals surface area contributed by atoms with Crippen LogP contribution in [-0.2, 0) is 10.0 Å². The van der Waals surface area contributed by atoms with Crippen LogP contribution >= 0.6 is 0 Å². The van der Waals surface area contributed by atoms with Gasteiger partial charge in [-0.3, -0.25) is 0 Å². The van der Waals surface area contributed by atoms with Gasteiger partial charge in [-0.15, -0.1) is 0 Å². The number of piperidine rings is 1. The predicted molar refractivity (Wildman–Crippen MR) is 63.8 cm³/mol. The summed E-state index contributed by atoms with van der Waals surface area (Å²) >= 11 is 0. The van der Waals surface area contributed by atoms with E-state index >= 15 is 0 Å². The van der Waals surface area contributed by atoms with Crippen molar-refractivity contribution in [2.24, 2.45) is 0 Å². The van der Waals surface area contributed by atoms with Gasteiger partial charge in [0.1, 0.15) is 0 Å². The monoisotopic (exact) mass is 247 g/mol. The summed E-state index contributed by atoms with van der Waals surface area (Å²) in [5, 5.41) is 6.15. The first-order valence-corrected chi connectivity index (χ1v) is 7.55. The van der Waals surface area contributed by atoms with Gasteiger partial charge in [0.25, 0.3) is 0 Å². The highest BCUT2D eigenvalue weighted by Crippen LogP contribution is 2.19. The van der Waals surface area contributed by atoms with E-state index in [-0.39, 0.29) is 11.3 Å². The van der Waals surface area contributed by atoms with Crippen LogP contribution in [0.2, 0.25) is 0 Å². The lowest BCUT2D eigenvalue weighted by molar-refractivity contribution is 0.270. The van der Waals surface area contributed by atoms with Crippen molar-refractivity contribution < 1.29 is 8.42 Å². The molecule has 94 valence electrons. The summed E-state index contributed by atoms with van der Waals surface area (Å²) in [7, 11) is -3.11. The molecule has 2 unspecified atom stereocenters. The van der Waals surface area contributed by atoms with E-state index in [1.165, 1.54) is 0 Å². The largest absolute Gasteiger partial charge is 0.315 e. The van der Waals surface area contributed by atoms with Crippen LogP contribution < -0.4 is 10.6 Å². The lowest BCUT2D eigenvalue weighted by atomic mass is 10.1. The molecule has 2 saturated heterocycles. The molecule has 0 aromatic rings. The van der Waals surface area contributed by atoms with Crippen LogP contribution in [-0.4, -0.2) is 56.7 Å². The molecule has 5 nitrogen and oxygen atoms in total. The quantitative estimate of drug-likeness (QED) is 0.647. The minimum absolute atomic E-state index is 0.154. The van der Waals surface area contributed by atoms with Crippen LogP contribution in [0.25, 0.3) is 0 Å². The van der Waals surface area contributed by atoms with Crippen molar-refractivity contribution in [1.29, 1.82) is 0 Å². The van der Waals surface area contributed by atoms with E-state index < -0.39 is 10.0 Å². The van der Waals surface area contributed by atoms with Gasteiger partial charge in [0.15, 0.2) is 0 Å². The van der Waals surface area contributed by atoms with E-state index in [2.05, 4.69) is 10.6 Å². The van der Waals surface area contributed by atoms with Crippen molar-refractivity contribution >= 4 is 10.0 Å². The fourth-order valence-electron chi connectivity index (χ4n) is 2.43. The van der Waals surface area contributed by atoms with Crippen molar-refractivity contribution in [2.45, 2.75) is 31.1 Å². The topological polar surface area (TPSA) is 61.4 Å². The standard InChI is InChI=1S/C10H21N3O2S/c1-9-7-12-5-6-13(16(9,14)15)10-3-2-4-11-8-10/h9-12H,2-8H2,1H3. The van der Waals surface area contributed by atoms with Gasteiger partial charge in [0, 0.05) is 32.2 Å². The van der Waals surface area contributed by atoms with Gasteiger partial charge >= 0.3 is 0 Å². The first kappa shape index (κ1) is 12.3. The molecule has 6 heteroatoms. The second kappa shape index (κ2) is 5.00. The van der Waals surface area contributed by atoms with Gasteiger partial charge in [0.2, 0.25) is 10.0 Å². The lowest BCUT2D eigenvalue weighted by Crippen LogP contribution is -2.51. The van der Waals surface area contributed by atoms with Crippen LogP contribution in [0.15, 0.2) is 0 Å². The Morgan fingerprint density at radius 3 is 2.62 bits per heavy atom. The fraction of sp³-hybridized carbons (Fsp3) is 1.00. The molecule has 16 heavy (non-hydrogen) atoms. The number of sulfonamides is 1. The molecule has 0 aliphatic carbocycles. The average molecular weight is 247 g/mol. The van der Waals surface area contributed by atoms with Crippen LogP contribution in [0.5, 0.6) is 0 Å². The summed E-state index contributed by atoms with van der Waals surface area (Å²) < 4.78 is 26.3. The van der Waals surface area contributed by atoms with Gasteiger partial charge < -0.3 is 10.6 Å². The Balaban J connectivity index is 2.16. The molecule has 2 rings (SSSR count). The first-order valence-electron chi connectivity index (χ1n) is 6.04. The van der Waals surface area contributed by atoms with Gasteiger partial charge in [-0.2, -0.15) is 4.31 Å². The number of nitrogens with zero attached hydrogens (tertiary/aromatic N) is 1. The van der Waals surface area contributed by atoms with Gasteiger partial charge in [-0.1, -0.05) is 0 Å². The molecular weight excluding hydrogens is 226 g/mol. The fourth-order valence-corrected chi connectivity index (χ4v) is 4.16. The highest BCUT2D eigenvalue weighted by molar-refractivity contribution is 7.89. The zero-order chi connectivity index (χ0) is 11.6. The van der Waals surface area contributed by atoms with Gasteiger partial charge in [-0.05, 0) is 26.3 Å². The highest BCUT2D eigenvalue weighted by atomic mass is 32.2. The van der Waals surface area contributed by atoms with E-state index in [1.807, 2.05) is 0 Å². The maximum atomic E-state index is 12.3. The molecule has 2 aliphatic rings. The van der Waals surface area contributed by atoms with Crippen LogP contribution in [0.3, 0.4) is 0 Å². The Hall–Kier alpha value is -0.170. The summed E-state index contributed by atoms with van der Waals surface area (Å²) in [5.41, 5.74) is 0. The Morgan fingerprint density at radius 2 is 1.94 bits per heavy atom. The van der Waals surface area contributed by atoms with Crippen LogP contribution in [0.1, 0.15) is 19.8 Å². The third kappa shape index (κ3) is 2.40. The van der Waals surface area contributed by atoms with Gasteiger partial charge in [0.05, 0.1) is 5.25 Å². The summed E-state index contributed by atoms with van der Waals surface area (Å²) in [6.07, 6.45) is 2.05. The molecule has 2 atom stereocenters. The summed E-state index contributed by atoms with van der Waals surface area (Å²) in [4.78, 5) is 0. The summed E-state index contributed by atoms with van der Waals surface area (Å²) in [6, 6.07) is 0.154. The molecule has 0 aromatic carbocycles. The first-order chi connectivity index (χ1) is 7.62. The molecule has 0 bridgehead atoms. The number of nitrogens with one attached hydrogen (secondary N) is 2. The molecule has 0 radical (unpaired) electrons. The van der Waals surface area contributed by atoms with Crippen molar-refractivity contribution in [3.05, 3.63) is 0 Å². The molecule has 0 amide bonds. The van der Waals surface area contributed by atoms with E-state index in [0.29, 0.717) is 13.1 Å². The van der Waals surface area contributed by atoms with E-state index in [0.717, 1.165) is 32.5 Å². The lowest BCUT2D eigenvalue weighted by Gasteiger charge is -2.33. The molecule has 0 aromatic heterocycles. The molecule has 2 N–H and O–H groups in total. The summed E-state index contributed by atoms with van der Waals surface area (Å²) in [5.74, 6) is 0. The van der Waals surface area contributed by atoms with Crippen molar-refractivity contribution in [2.75, 3.05) is 32.7 Å². The maximum absolute atomic E-state index is 12.3. The molecule has 2 aliphatic heterocycles. The number of hydrogen-bond donors (Lipinski definition) is 2. The Bertz CT molecular complexity index is 325. The normalized spacial score (nSPS) is 36.8. The smallest absolute Gasteiger partial charge is 0.218 e. The van der Waals surface area contributed by atoms with Crippen molar-refractivity contribution in [3.63, 3.8) is 0 Å². The second-order valence-electron chi connectivity index (χ2n) is 4.67. The third-order valence-corrected chi connectivity index (χ3v) is 5.77. The van der Waals surface area contributed by atoms with Crippen molar-refractivity contribution in [1.82, 2.24) is 14.9 Å². The number of rotatable bonds is 1. The molecule has 2 fully saturated rings. The van der Waals surface area contributed by atoms with E-state index in [9.17, 15) is 8.42 Å². The predicted octanol–water partition coefficient (Wildman–Crippen LogP) is -0.638. The molecule has 2 heterocycles. The Labute approximate surface area is 97.6 Å². The average Bonchev–Trinajstić information content (AvgIpc) is 2.41. The Morgan fingerprint density at radius 1 is 1.19 bits per heavy atom. The van der Waals surface area contributed by atoms with Crippen LogP contribution in [0.4, 0.5) is 0 Å². The van der Waals surface area contributed by atoms with E-state index in [4.69, 9.17) is 0 Å². The molecule has 0 saturated carbocycles. The SMILES string of the molecule is CC1CNCCN(C2CCCNC2)S1(=O)=O. The van der Waals surface area contributed by atoms with Gasteiger partial charge in [-0.25, -0.2) is 8.42 Å². The summed E-state index contributed by atoms with van der Waals surface area (Å²) in [6.45, 7) is 5.54.